The van der Waals surface area contributed by atoms with Crippen molar-refractivity contribution in [1.82, 2.24) is 0 Å². The molecule has 0 aliphatic carbocycles. The van der Waals surface area contributed by atoms with Crippen molar-refractivity contribution in [2.24, 2.45) is 0 Å². The maximum Gasteiger partial charge on any atom is 0.337 e. The zero-order chi connectivity index (χ0) is 12.3. The molecule has 1 aromatic carbocycles. The average Bonchev–Trinajstić information content (AvgIpc) is 2.18. The normalized spacial score (nSPS) is 13.8. The molecule has 4 nitrogen and oxygen atoms in total. The SMILES string of the molecule is [2H]C([2H])([2H])Oc1ccc(C(=O)OC)cc1N. The monoisotopic (exact) mass is 184 g/mol. The van der Waals surface area contributed by atoms with Crippen LogP contribution in [0.15, 0.2) is 18.2 Å². The van der Waals surface area contributed by atoms with Gasteiger partial charge in [0.05, 0.1) is 29.5 Å². The highest BCUT2D eigenvalue weighted by Gasteiger charge is 2.07. The molecule has 0 aromatic heterocycles. The minimum absolute atomic E-state index is 0.00709. The minimum Gasteiger partial charge on any atom is -0.495 e. The smallest absolute Gasteiger partial charge is 0.337 e. The second kappa shape index (κ2) is 3.80. The molecular formula is C9H11NO3. The third-order valence-electron chi connectivity index (χ3n) is 1.54. The summed E-state index contributed by atoms with van der Waals surface area (Å²) in [5.41, 5.74) is 5.84. The van der Waals surface area contributed by atoms with Gasteiger partial charge in [0.25, 0.3) is 0 Å². The molecule has 0 saturated heterocycles. The summed E-state index contributed by atoms with van der Waals surface area (Å²) in [6.07, 6.45) is 0. The van der Waals surface area contributed by atoms with E-state index in [4.69, 9.17) is 9.85 Å². The number of nitrogen functional groups attached to an aromatic ring is 1. The molecule has 4 heteroatoms. The Labute approximate surface area is 80.5 Å². The van der Waals surface area contributed by atoms with Gasteiger partial charge >= 0.3 is 5.97 Å². The second-order valence-electron chi connectivity index (χ2n) is 2.35. The van der Waals surface area contributed by atoms with Crippen LogP contribution >= 0.6 is 0 Å². The zero-order valence-electron chi connectivity index (χ0n) is 10.0. The summed E-state index contributed by atoms with van der Waals surface area (Å²) < 4.78 is 29.8. The van der Waals surface area contributed by atoms with Crippen molar-refractivity contribution in [2.75, 3.05) is 19.9 Å². The summed E-state index contributed by atoms with van der Waals surface area (Å²) in [6, 6.07) is 3.99. The van der Waals surface area contributed by atoms with E-state index in [9.17, 15) is 4.79 Å². The first-order valence-electron chi connectivity index (χ1n) is 5.00. The van der Waals surface area contributed by atoms with E-state index >= 15 is 0 Å². The van der Waals surface area contributed by atoms with Gasteiger partial charge in [0, 0.05) is 0 Å². The number of esters is 1. The number of anilines is 1. The zero-order valence-corrected chi connectivity index (χ0v) is 7.03. The number of carbonyl (C=O) groups is 1. The van der Waals surface area contributed by atoms with Crippen molar-refractivity contribution >= 4 is 11.7 Å². The molecule has 0 unspecified atom stereocenters. The van der Waals surface area contributed by atoms with E-state index in [1.807, 2.05) is 0 Å². The van der Waals surface area contributed by atoms with Gasteiger partial charge in [-0.3, -0.25) is 0 Å². The van der Waals surface area contributed by atoms with E-state index in [0.717, 1.165) is 0 Å². The van der Waals surface area contributed by atoms with E-state index in [-0.39, 0.29) is 17.0 Å². The third-order valence-corrected chi connectivity index (χ3v) is 1.54. The highest BCUT2D eigenvalue weighted by atomic mass is 16.5. The van der Waals surface area contributed by atoms with E-state index in [1.165, 1.54) is 25.3 Å². The fourth-order valence-corrected chi connectivity index (χ4v) is 0.886. The Morgan fingerprint density at radius 2 is 2.38 bits per heavy atom. The van der Waals surface area contributed by atoms with Gasteiger partial charge in [-0.15, -0.1) is 0 Å². The number of rotatable bonds is 2. The maximum absolute atomic E-state index is 11.1. The van der Waals surface area contributed by atoms with Crippen LogP contribution < -0.4 is 10.5 Å². The standard InChI is InChI=1S/C9H11NO3/c1-12-8-4-3-6(5-7(8)10)9(11)13-2/h3-5H,10H2,1-2H3/i1D3. The summed E-state index contributed by atoms with van der Waals surface area (Å²) >= 11 is 0. The van der Waals surface area contributed by atoms with Gasteiger partial charge in [0.2, 0.25) is 0 Å². The van der Waals surface area contributed by atoms with Crippen molar-refractivity contribution in [1.29, 1.82) is 0 Å². The van der Waals surface area contributed by atoms with Crippen molar-refractivity contribution in [3.05, 3.63) is 23.8 Å². The summed E-state index contributed by atoms with van der Waals surface area (Å²) in [6.45, 7) is 0. The second-order valence-corrected chi connectivity index (χ2v) is 2.35. The lowest BCUT2D eigenvalue weighted by molar-refractivity contribution is 0.0601. The molecule has 0 amide bonds. The van der Waals surface area contributed by atoms with Crippen LogP contribution in [-0.2, 0) is 4.74 Å². The summed E-state index contributed by atoms with van der Waals surface area (Å²) in [4.78, 5) is 11.1. The Bertz CT molecular complexity index is 403. The number of methoxy groups -OCH3 is 2. The summed E-state index contributed by atoms with van der Waals surface area (Å²) in [7, 11) is -1.33. The molecule has 2 N–H and O–H groups in total. The van der Waals surface area contributed by atoms with E-state index < -0.39 is 13.0 Å². The number of carbonyl (C=O) groups excluding carboxylic acids is 1. The van der Waals surface area contributed by atoms with Crippen LogP contribution in [0.3, 0.4) is 0 Å². The fourth-order valence-electron chi connectivity index (χ4n) is 0.886. The van der Waals surface area contributed by atoms with Gasteiger partial charge in [0.15, 0.2) is 0 Å². The molecule has 0 aliphatic rings. The van der Waals surface area contributed by atoms with Crippen LogP contribution in [-0.4, -0.2) is 20.1 Å². The number of hydrogen-bond donors (Lipinski definition) is 1. The molecule has 0 aliphatic heterocycles. The van der Waals surface area contributed by atoms with E-state index in [1.54, 1.807) is 0 Å². The van der Waals surface area contributed by atoms with E-state index in [0.29, 0.717) is 0 Å². The quantitative estimate of drug-likeness (QED) is 0.551. The van der Waals surface area contributed by atoms with Gasteiger partial charge in [-0.2, -0.15) is 0 Å². The predicted octanol–water partition coefficient (Wildman–Crippen LogP) is 1.06. The Balaban J connectivity index is 2.96. The van der Waals surface area contributed by atoms with Crippen LogP contribution in [0.1, 0.15) is 14.5 Å². The number of ether oxygens (including phenoxy) is 2. The van der Waals surface area contributed by atoms with Crippen molar-refractivity contribution in [3.8, 4) is 5.75 Å². The molecule has 0 radical (unpaired) electrons. The largest absolute Gasteiger partial charge is 0.495 e. The highest BCUT2D eigenvalue weighted by Crippen LogP contribution is 2.21. The molecule has 70 valence electrons. The molecule has 0 saturated carbocycles. The van der Waals surface area contributed by atoms with Crippen LogP contribution in [0.5, 0.6) is 5.75 Å². The predicted molar refractivity (Wildman–Crippen MR) is 48.7 cm³/mol. The van der Waals surface area contributed by atoms with Crippen LogP contribution in [0.4, 0.5) is 5.69 Å². The van der Waals surface area contributed by atoms with Gasteiger partial charge in [-0.1, -0.05) is 0 Å². The Morgan fingerprint density at radius 3 is 2.92 bits per heavy atom. The van der Waals surface area contributed by atoms with Crippen molar-refractivity contribution in [2.45, 2.75) is 0 Å². The molecule has 1 rings (SSSR count). The molecule has 0 atom stereocenters. The lowest BCUT2D eigenvalue weighted by Gasteiger charge is -2.05. The molecule has 13 heavy (non-hydrogen) atoms. The van der Waals surface area contributed by atoms with Gasteiger partial charge < -0.3 is 15.2 Å². The lowest BCUT2D eigenvalue weighted by atomic mass is 10.2. The third kappa shape index (κ3) is 1.90. The molecule has 1 aromatic rings. The topological polar surface area (TPSA) is 61.5 Å². The number of hydrogen-bond acceptors (Lipinski definition) is 4. The first-order valence-corrected chi connectivity index (χ1v) is 3.50. The Kier molecular flexibility index (Phi) is 1.71. The Hall–Kier alpha value is -1.71. The maximum atomic E-state index is 11.1. The van der Waals surface area contributed by atoms with Crippen molar-refractivity contribution < 1.29 is 18.4 Å². The van der Waals surface area contributed by atoms with Crippen LogP contribution in [0.25, 0.3) is 0 Å². The highest BCUT2D eigenvalue weighted by molar-refractivity contribution is 5.90. The average molecular weight is 184 g/mol. The lowest BCUT2D eigenvalue weighted by Crippen LogP contribution is -2.02. The molecule has 0 bridgehead atoms. The first kappa shape index (κ1) is 5.85. The first-order chi connectivity index (χ1) is 7.33. The van der Waals surface area contributed by atoms with Crippen molar-refractivity contribution in [3.63, 3.8) is 0 Å². The molecule has 0 fully saturated rings. The van der Waals surface area contributed by atoms with Crippen LogP contribution in [0, 0.1) is 0 Å². The molecule has 0 spiro atoms. The number of nitrogens with two attached hydrogens (primary N) is 1. The summed E-state index contributed by atoms with van der Waals surface area (Å²) in [5, 5.41) is 0. The minimum atomic E-state index is -2.57. The number of benzene rings is 1. The molecular weight excluding hydrogens is 170 g/mol. The van der Waals surface area contributed by atoms with Gasteiger partial charge in [-0.05, 0) is 18.2 Å². The molecule has 0 heterocycles. The van der Waals surface area contributed by atoms with Gasteiger partial charge in [0.1, 0.15) is 5.75 Å². The summed E-state index contributed by atoms with van der Waals surface area (Å²) in [5.74, 6) is -0.542. The van der Waals surface area contributed by atoms with Gasteiger partial charge in [-0.25, -0.2) is 4.79 Å². The fraction of sp³-hybridized carbons (Fsp3) is 0.222. The van der Waals surface area contributed by atoms with E-state index in [2.05, 4.69) is 9.47 Å². The Morgan fingerprint density at radius 1 is 1.62 bits per heavy atom. The van der Waals surface area contributed by atoms with Crippen LogP contribution in [0.2, 0.25) is 0 Å².